The molecule has 0 heterocycles. The molecular formula is C30H31Cl2FN2O2. The average Bonchev–Trinajstić information content (AvgIpc) is 2.90. The van der Waals surface area contributed by atoms with Crippen LogP contribution in [-0.4, -0.2) is 28.8 Å². The minimum Gasteiger partial charge on any atom is -0.352 e. The van der Waals surface area contributed by atoms with Crippen molar-refractivity contribution in [1.82, 2.24) is 10.2 Å². The van der Waals surface area contributed by atoms with Gasteiger partial charge in [-0.3, -0.25) is 9.59 Å². The van der Waals surface area contributed by atoms with E-state index in [1.54, 1.807) is 36.4 Å². The van der Waals surface area contributed by atoms with E-state index in [1.165, 1.54) is 17.4 Å². The summed E-state index contributed by atoms with van der Waals surface area (Å²) in [6.07, 6.45) is 5.43. The number of hydrogen-bond acceptors (Lipinski definition) is 2. The van der Waals surface area contributed by atoms with Crippen molar-refractivity contribution >= 4 is 35.0 Å². The third-order valence-electron chi connectivity index (χ3n) is 6.88. The molecule has 1 saturated carbocycles. The highest BCUT2D eigenvalue weighted by atomic mass is 35.5. The molecule has 4 rings (SSSR count). The summed E-state index contributed by atoms with van der Waals surface area (Å²) in [5, 5.41) is 4.03. The van der Waals surface area contributed by atoms with Crippen molar-refractivity contribution in [2.75, 3.05) is 0 Å². The minimum atomic E-state index is -0.817. The third-order valence-corrected chi connectivity index (χ3v) is 7.46. The van der Waals surface area contributed by atoms with Crippen LogP contribution in [0.5, 0.6) is 0 Å². The van der Waals surface area contributed by atoms with Gasteiger partial charge in [-0.2, -0.15) is 0 Å². The summed E-state index contributed by atoms with van der Waals surface area (Å²) in [4.78, 5) is 29.1. The zero-order valence-electron chi connectivity index (χ0n) is 20.6. The molecule has 3 aromatic rings. The molecule has 1 aliphatic rings. The smallest absolute Gasteiger partial charge is 0.243 e. The van der Waals surface area contributed by atoms with E-state index < -0.39 is 11.9 Å². The van der Waals surface area contributed by atoms with Crippen molar-refractivity contribution in [1.29, 1.82) is 0 Å². The molecule has 0 aliphatic heterocycles. The van der Waals surface area contributed by atoms with Crippen molar-refractivity contribution < 1.29 is 14.0 Å². The van der Waals surface area contributed by atoms with Gasteiger partial charge in [0.25, 0.3) is 0 Å². The van der Waals surface area contributed by atoms with E-state index in [9.17, 15) is 14.0 Å². The van der Waals surface area contributed by atoms with Crippen LogP contribution >= 0.6 is 23.2 Å². The lowest BCUT2D eigenvalue weighted by atomic mass is 9.94. The number of amides is 2. The molecule has 37 heavy (non-hydrogen) atoms. The summed E-state index contributed by atoms with van der Waals surface area (Å²) in [6, 6.07) is 20.2. The van der Waals surface area contributed by atoms with E-state index in [4.69, 9.17) is 23.2 Å². The first-order chi connectivity index (χ1) is 17.9. The van der Waals surface area contributed by atoms with Crippen molar-refractivity contribution in [2.45, 2.75) is 63.6 Å². The average molecular weight is 541 g/mol. The monoisotopic (exact) mass is 540 g/mol. The quantitative estimate of drug-likeness (QED) is 0.325. The van der Waals surface area contributed by atoms with E-state index in [0.29, 0.717) is 27.6 Å². The van der Waals surface area contributed by atoms with Crippen LogP contribution in [-0.2, 0) is 29.0 Å². The molecule has 1 aliphatic carbocycles. The Balaban J connectivity index is 1.68. The van der Waals surface area contributed by atoms with E-state index in [0.717, 1.165) is 31.2 Å². The topological polar surface area (TPSA) is 49.4 Å². The molecule has 1 atom stereocenters. The molecule has 4 nitrogen and oxygen atoms in total. The molecule has 7 heteroatoms. The van der Waals surface area contributed by atoms with Crippen LogP contribution in [0.15, 0.2) is 72.8 Å². The van der Waals surface area contributed by atoms with Gasteiger partial charge in [-0.05, 0) is 42.2 Å². The summed E-state index contributed by atoms with van der Waals surface area (Å²) in [5.74, 6) is -0.953. The van der Waals surface area contributed by atoms with Crippen LogP contribution in [0.25, 0.3) is 0 Å². The van der Waals surface area contributed by atoms with E-state index in [2.05, 4.69) is 5.32 Å². The van der Waals surface area contributed by atoms with Crippen molar-refractivity contribution in [2.24, 2.45) is 0 Å². The highest BCUT2D eigenvalue weighted by molar-refractivity contribution is 6.35. The van der Waals surface area contributed by atoms with Gasteiger partial charge in [-0.25, -0.2) is 4.39 Å². The lowest BCUT2D eigenvalue weighted by Gasteiger charge is -2.33. The number of hydrogen-bond donors (Lipinski definition) is 1. The second-order valence-corrected chi connectivity index (χ2v) is 10.4. The fourth-order valence-corrected chi connectivity index (χ4v) is 5.31. The zero-order valence-corrected chi connectivity index (χ0v) is 22.1. The van der Waals surface area contributed by atoms with Gasteiger partial charge in [0, 0.05) is 34.6 Å². The fourth-order valence-electron chi connectivity index (χ4n) is 4.84. The molecule has 0 spiro atoms. The third kappa shape index (κ3) is 7.56. The van der Waals surface area contributed by atoms with E-state index in [-0.39, 0.29) is 30.8 Å². The first-order valence-corrected chi connectivity index (χ1v) is 13.5. The number of nitrogens with one attached hydrogen (secondary N) is 1. The van der Waals surface area contributed by atoms with E-state index >= 15 is 0 Å². The normalized spacial score (nSPS) is 14.7. The second kappa shape index (κ2) is 13.1. The van der Waals surface area contributed by atoms with Gasteiger partial charge < -0.3 is 10.2 Å². The molecule has 0 saturated heterocycles. The van der Waals surface area contributed by atoms with Crippen LogP contribution in [0.3, 0.4) is 0 Å². The standard InChI is InChI=1S/C30H31Cl2FN2O2/c31-24-16-15-22(26(32)19-24)18-29(36)35(20-23-11-7-8-14-27(23)33)28(17-21-9-3-1-4-10-21)30(37)34-25-12-5-2-6-13-25/h1,3-4,7-11,14-16,19,25,28H,2,5-6,12-13,17-18,20H2,(H,34,37)/t28-/m0/s1. The van der Waals surface area contributed by atoms with Gasteiger partial charge in [0.2, 0.25) is 11.8 Å². The molecule has 0 aromatic heterocycles. The van der Waals surface area contributed by atoms with Gasteiger partial charge in [0.15, 0.2) is 0 Å². The number of carbonyl (C=O) groups is 2. The molecule has 1 N–H and O–H groups in total. The molecule has 3 aromatic carbocycles. The first kappa shape index (κ1) is 27.2. The van der Waals surface area contributed by atoms with E-state index in [1.807, 2.05) is 30.3 Å². The maximum Gasteiger partial charge on any atom is 0.243 e. The summed E-state index contributed by atoms with van der Waals surface area (Å²) < 4.78 is 14.7. The predicted molar refractivity (Wildman–Crippen MR) is 146 cm³/mol. The fraction of sp³-hybridized carbons (Fsp3) is 0.333. The van der Waals surface area contributed by atoms with Crippen molar-refractivity contribution in [3.8, 4) is 0 Å². The van der Waals surface area contributed by atoms with Gasteiger partial charge in [0.1, 0.15) is 11.9 Å². The summed E-state index contributed by atoms with van der Waals surface area (Å²) in [5.41, 5.74) is 1.87. The Bertz CT molecular complexity index is 1220. The number of nitrogens with zero attached hydrogens (tertiary/aromatic N) is 1. The maximum atomic E-state index is 14.7. The van der Waals surface area contributed by atoms with Gasteiger partial charge in [-0.1, -0.05) is 97.1 Å². The summed E-state index contributed by atoms with van der Waals surface area (Å²) in [6.45, 7) is -0.0354. The molecule has 0 radical (unpaired) electrons. The highest BCUT2D eigenvalue weighted by Gasteiger charge is 2.32. The molecule has 1 fully saturated rings. The first-order valence-electron chi connectivity index (χ1n) is 12.7. The Morgan fingerprint density at radius 2 is 1.62 bits per heavy atom. The zero-order chi connectivity index (χ0) is 26.2. The molecule has 194 valence electrons. The van der Waals surface area contributed by atoms with Crippen LogP contribution in [0.2, 0.25) is 10.0 Å². The largest absolute Gasteiger partial charge is 0.352 e. The molecular weight excluding hydrogens is 510 g/mol. The SMILES string of the molecule is O=C(NC1CCCCC1)[C@H](Cc1ccccc1)N(Cc1ccccc1F)C(=O)Cc1ccc(Cl)cc1Cl. The number of carbonyl (C=O) groups excluding carboxylic acids is 2. The Morgan fingerprint density at radius 3 is 2.32 bits per heavy atom. The Kier molecular flexibility index (Phi) is 9.59. The van der Waals surface area contributed by atoms with Crippen molar-refractivity contribution in [3.63, 3.8) is 0 Å². The van der Waals surface area contributed by atoms with Crippen LogP contribution < -0.4 is 5.32 Å². The van der Waals surface area contributed by atoms with Crippen LogP contribution in [0.1, 0.15) is 48.8 Å². The van der Waals surface area contributed by atoms with Gasteiger partial charge in [-0.15, -0.1) is 0 Å². The summed E-state index contributed by atoms with van der Waals surface area (Å²) >= 11 is 12.4. The van der Waals surface area contributed by atoms with Gasteiger partial charge in [0.05, 0.1) is 6.42 Å². The molecule has 0 bridgehead atoms. The Morgan fingerprint density at radius 1 is 0.919 bits per heavy atom. The summed E-state index contributed by atoms with van der Waals surface area (Å²) in [7, 11) is 0. The number of halogens is 3. The lowest BCUT2D eigenvalue weighted by Crippen LogP contribution is -2.53. The number of rotatable bonds is 9. The lowest BCUT2D eigenvalue weighted by molar-refractivity contribution is -0.141. The Labute approximate surface area is 227 Å². The van der Waals surface area contributed by atoms with Crippen LogP contribution in [0.4, 0.5) is 4.39 Å². The molecule has 2 amide bonds. The van der Waals surface area contributed by atoms with Gasteiger partial charge >= 0.3 is 0 Å². The number of benzene rings is 3. The highest BCUT2D eigenvalue weighted by Crippen LogP contribution is 2.24. The molecule has 0 unspecified atom stereocenters. The minimum absolute atomic E-state index is 0.0353. The maximum absolute atomic E-state index is 14.7. The predicted octanol–water partition coefficient (Wildman–Crippen LogP) is 6.76. The second-order valence-electron chi connectivity index (χ2n) is 9.57. The van der Waals surface area contributed by atoms with Crippen LogP contribution in [0, 0.1) is 5.82 Å². The Hall–Kier alpha value is -2.89. The van der Waals surface area contributed by atoms with Crippen molar-refractivity contribution in [3.05, 3.63) is 105 Å².